The van der Waals surface area contributed by atoms with Gasteiger partial charge in [-0.25, -0.2) is 0 Å². The third kappa shape index (κ3) is 2.91. The minimum absolute atomic E-state index is 0.362. The van der Waals surface area contributed by atoms with Gasteiger partial charge < -0.3 is 5.11 Å². The molecule has 0 amide bonds. The van der Waals surface area contributed by atoms with Crippen molar-refractivity contribution >= 4 is 0 Å². The van der Waals surface area contributed by atoms with Crippen molar-refractivity contribution in [3.8, 4) is 5.75 Å². The Morgan fingerprint density at radius 2 is 2.04 bits per heavy atom. The van der Waals surface area contributed by atoms with E-state index in [9.17, 15) is 5.11 Å². The van der Waals surface area contributed by atoms with Gasteiger partial charge in [0, 0.05) is 11.5 Å². The van der Waals surface area contributed by atoms with E-state index in [2.05, 4.69) is 30.9 Å². The maximum Gasteiger partial charge on any atom is 0.115 e. The molecular weight excluding hydrogens is 306 g/mol. The average Bonchev–Trinajstić information content (AvgIpc) is 2.64. The van der Waals surface area contributed by atoms with Crippen LogP contribution in [-0.2, 0) is 11.8 Å². The van der Waals surface area contributed by atoms with E-state index in [4.69, 9.17) is 0 Å². The van der Waals surface area contributed by atoms with Crippen molar-refractivity contribution in [2.75, 3.05) is 13.1 Å². The molecule has 0 unspecified atom stereocenters. The maximum atomic E-state index is 10.1. The highest BCUT2D eigenvalue weighted by Crippen LogP contribution is 2.56. The molecule has 1 saturated heterocycles. The largest absolute Gasteiger partial charge is 0.508 e. The van der Waals surface area contributed by atoms with Crippen LogP contribution in [0.2, 0.25) is 0 Å². The molecule has 3 aliphatic rings. The summed E-state index contributed by atoms with van der Waals surface area (Å²) in [6.45, 7) is 7.24. The van der Waals surface area contributed by atoms with Crippen molar-refractivity contribution in [1.29, 1.82) is 0 Å². The number of phenols is 1. The lowest BCUT2D eigenvalue weighted by molar-refractivity contribution is -0.0137. The molecule has 2 nitrogen and oxygen atoms in total. The third-order valence-electron chi connectivity index (χ3n) is 7.91. The zero-order valence-electron chi connectivity index (χ0n) is 16.1. The molecule has 0 radical (unpaired) electrons. The van der Waals surface area contributed by atoms with Crippen LogP contribution in [0.5, 0.6) is 5.75 Å². The number of hydrogen-bond acceptors (Lipinski definition) is 2. The summed E-state index contributed by atoms with van der Waals surface area (Å²) < 4.78 is 0. The Morgan fingerprint density at radius 3 is 2.84 bits per heavy atom. The van der Waals surface area contributed by atoms with E-state index in [0.29, 0.717) is 11.2 Å². The van der Waals surface area contributed by atoms with Crippen molar-refractivity contribution in [2.24, 2.45) is 11.8 Å². The standard InChI is InChI=1S/C23H35NO/c1-3-17(4-2)10-13-24-14-12-23-11-6-5-7-20(23)22(24)15-18-8-9-19(25)16-21(18)23/h8-9,16-17,20,22,25H,3-7,10-15H2,1-2H3/t20-,22+,23-/m0/s1. The minimum Gasteiger partial charge on any atom is -0.508 e. The number of fused-ring (bicyclic) bond motifs is 1. The Bertz CT molecular complexity index is 608. The zero-order chi connectivity index (χ0) is 17.4. The van der Waals surface area contributed by atoms with Gasteiger partial charge in [-0.15, -0.1) is 0 Å². The minimum atomic E-state index is 0.362. The van der Waals surface area contributed by atoms with E-state index in [1.807, 2.05) is 6.07 Å². The number of hydrogen-bond donors (Lipinski definition) is 1. The number of phenolic OH excluding ortho intramolecular Hbond substituents is 1. The Morgan fingerprint density at radius 1 is 1.20 bits per heavy atom. The number of aromatic hydroxyl groups is 1. The highest BCUT2D eigenvalue weighted by Gasteiger charge is 2.53. The molecule has 2 heteroatoms. The Kier molecular flexibility index (Phi) is 4.83. The zero-order valence-corrected chi connectivity index (χ0v) is 16.1. The second kappa shape index (κ2) is 6.95. The second-order valence-corrected chi connectivity index (χ2v) is 8.88. The van der Waals surface area contributed by atoms with Gasteiger partial charge in [0.15, 0.2) is 0 Å². The first-order valence-corrected chi connectivity index (χ1v) is 10.7. The molecule has 25 heavy (non-hydrogen) atoms. The van der Waals surface area contributed by atoms with Crippen LogP contribution < -0.4 is 0 Å². The Hall–Kier alpha value is -1.02. The molecular formula is C23H35NO. The quantitative estimate of drug-likeness (QED) is 0.788. The molecule has 1 aliphatic heterocycles. The summed E-state index contributed by atoms with van der Waals surface area (Å²) in [5.74, 6) is 2.17. The van der Waals surface area contributed by atoms with Crippen LogP contribution in [0.1, 0.15) is 76.3 Å². The smallest absolute Gasteiger partial charge is 0.115 e. The van der Waals surface area contributed by atoms with Gasteiger partial charge >= 0.3 is 0 Å². The van der Waals surface area contributed by atoms with Gasteiger partial charge in [0.25, 0.3) is 0 Å². The van der Waals surface area contributed by atoms with Crippen molar-refractivity contribution < 1.29 is 5.11 Å². The summed E-state index contributed by atoms with van der Waals surface area (Å²) >= 11 is 0. The van der Waals surface area contributed by atoms with E-state index >= 15 is 0 Å². The predicted molar refractivity (Wildman–Crippen MR) is 104 cm³/mol. The molecule has 2 aliphatic carbocycles. The van der Waals surface area contributed by atoms with E-state index in [1.54, 1.807) is 0 Å². The van der Waals surface area contributed by atoms with E-state index in [-0.39, 0.29) is 0 Å². The van der Waals surface area contributed by atoms with Gasteiger partial charge in [-0.05, 0) is 80.3 Å². The molecule has 4 rings (SSSR count). The lowest BCUT2D eigenvalue weighted by atomic mass is 9.52. The van der Waals surface area contributed by atoms with Crippen LogP contribution in [0.3, 0.4) is 0 Å². The van der Waals surface area contributed by atoms with E-state index < -0.39 is 0 Å². The number of benzene rings is 1. The molecule has 2 bridgehead atoms. The summed E-state index contributed by atoms with van der Waals surface area (Å²) in [7, 11) is 0. The normalized spacial score (nSPS) is 31.6. The summed E-state index contributed by atoms with van der Waals surface area (Å²) in [5, 5.41) is 10.1. The summed E-state index contributed by atoms with van der Waals surface area (Å²) in [6.07, 6.45) is 12.0. The van der Waals surface area contributed by atoms with Crippen molar-refractivity contribution in [3.63, 3.8) is 0 Å². The second-order valence-electron chi connectivity index (χ2n) is 8.88. The molecule has 138 valence electrons. The average molecular weight is 342 g/mol. The number of rotatable bonds is 5. The monoisotopic (exact) mass is 341 g/mol. The molecule has 0 spiro atoms. The highest BCUT2D eigenvalue weighted by molar-refractivity contribution is 5.45. The Balaban J connectivity index is 1.62. The predicted octanol–water partition coefficient (Wildman–Crippen LogP) is 5.28. The molecule has 0 aromatic heterocycles. The van der Waals surface area contributed by atoms with Gasteiger partial charge in [0.05, 0.1) is 0 Å². The molecule has 1 saturated carbocycles. The van der Waals surface area contributed by atoms with Crippen LogP contribution in [0.25, 0.3) is 0 Å². The molecule has 1 aromatic rings. The van der Waals surface area contributed by atoms with Crippen LogP contribution in [0.4, 0.5) is 0 Å². The number of piperidine rings is 1. The van der Waals surface area contributed by atoms with Crippen molar-refractivity contribution in [1.82, 2.24) is 4.90 Å². The number of likely N-dealkylation sites (tertiary alicyclic amines) is 1. The first-order valence-electron chi connectivity index (χ1n) is 10.7. The molecule has 3 atom stereocenters. The van der Waals surface area contributed by atoms with Crippen LogP contribution in [-0.4, -0.2) is 29.1 Å². The highest BCUT2D eigenvalue weighted by atomic mass is 16.3. The van der Waals surface area contributed by atoms with Crippen LogP contribution in [0.15, 0.2) is 18.2 Å². The van der Waals surface area contributed by atoms with Gasteiger partial charge in [-0.1, -0.05) is 45.6 Å². The van der Waals surface area contributed by atoms with Gasteiger partial charge in [0.1, 0.15) is 5.75 Å². The summed E-state index contributed by atoms with van der Waals surface area (Å²) in [4.78, 5) is 2.85. The lowest BCUT2D eigenvalue weighted by Crippen LogP contribution is -2.61. The van der Waals surface area contributed by atoms with Gasteiger partial charge in [-0.3, -0.25) is 4.90 Å². The van der Waals surface area contributed by atoms with Crippen molar-refractivity contribution in [2.45, 2.75) is 83.1 Å². The fraction of sp³-hybridized carbons (Fsp3) is 0.739. The fourth-order valence-electron chi connectivity index (χ4n) is 6.40. The molecule has 1 heterocycles. The SMILES string of the molecule is CCC(CC)CCN1CC[C@@]23CCCC[C@H]2[C@H]1Cc1ccc(O)cc13. The number of nitrogens with zero attached hydrogens (tertiary/aromatic N) is 1. The summed E-state index contributed by atoms with van der Waals surface area (Å²) in [6, 6.07) is 6.97. The lowest BCUT2D eigenvalue weighted by Gasteiger charge is -2.59. The Labute approximate surface area is 153 Å². The fourth-order valence-corrected chi connectivity index (χ4v) is 6.40. The van der Waals surface area contributed by atoms with E-state index in [1.165, 1.54) is 82.0 Å². The van der Waals surface area contributed by atoms with Crippen LogP contribution >= 0.6 is 0 Å². The molecule has 1 aromatic carbocycles. The third-order valence-corrected chi connectivity index (χ3v) is 7.91. The maximum absolute atomic E-state index is 10.1. The first kappa shape index (κ1) is 17.4. The molecule has 1 N–H and O–H groups in total. The van der Waals surface area contributed by atoms with Crippen LogP contribution in [0, 0.1) is 11.8 Å². The molecule has 2 fully saturated rings. The van der Waals surface area contributed by atoms with Crippen molar-refractivity contribution in [3.05, 3.63) is 29.3 Å². The first-order chi connectivity index (χ1) is 12.2. The van der Waals surface area contributed by atoms with Gasteiger partial charge in [-0.2, -0.15) is 0 Å². The summed E-state index contributed by atoms with van der Waals surface area (Å²) in [5.41, 5.74) is 3.39. The van der Waals surface area contributed by atoms with Gasteiger partial charge in [0.2, 0.25) is 0 Å². The topological polar surface area (TPSA) is 23.5 Å². The van der Waals surface area contributed by atoms with E-state index in [0.717, 1.165) is 17.9 Å².